The highest BCUT2D eigenvalue weighted by Crippen LogP contribution is 2.23. The number of amides is 1. The van der Waals surface area contributed by atoms with Gasteiger partial charge in [-0.25, -0.2) is 4.98 Å². The number of primary amides is 1. The Kier molecular flexibility index (Phi) is 5.47. The van der Waals surface area contributed by atoms with Crippen molar-refractivity contribution in [2.24, 2.45) is 5.73 Å². The van der Waals surface area contributed by atoms with Crippen molar-refractivity contribution in [1.82, 2.24) is 9.97 Å². The van der Waals surface area contributed by atoms with Crippen LogP contribution in [0.5, 0.6) is 0 Å². The molecule has 1 saturated carbocycles. The summed E-state index contributed by atoms with van der Waals surface area (Å²) in [6.45, 7) is 1.36. The van der Waals surface area contributed by atoms with Crippen LogP contribution in [0.15, 0.2) is 6.20 Å². The third-order valence-corrected chi connectivity index (χ3v) is 4.59. The first-order valence-corrected chi connectivity index (χ1v) is 8.57. The quantitative estimate of drug-likeness (QED) is 0.630. The average Bonchev–Trinajstić information content (AvgIpc) is 2.58. The van der Waals surface area contributed by atoms with Gasteiger partial charge in [-0.3, -0.25) is 4.79 Å². The van der Waals surface area contributed by atoms with E-state index in [0.29, 0.717) is 18.4 Å². The fourth-order valence-electron chi connectivity index (χ4n) is 3.19. The zero-order valence-electron chi connectivity index (χ0n) is 13.7. The molecular weight excluding hydrogens is 310 g/mol. The lowest BCUT2D eigenvalue weighted by molar-refractivity contribution is 0.0873. The molecule has 2 fully saturated rings. The summed E-state index contributed by atoms with van der Waals surface area (Å²) < 4.78 is 5.46. The van der Waals surface area contributed by atoms with Gasteiger partial charge in [0.1, 0.15) is 5.82 Å². The van der Waals surface area contributed by atoms with Crippen LogP contribution in [0.3, 0.4) is 0 Å². The lowest BCUT2D eigenvalue weighted by Gasteiger charge is -2.27. The van der Waals surface area contributed by atoms with Gasteiger partial charge in [0.05, 0.1) is 24.3 Å². The van der Waals surface area contributed by atoms with Crippen molar-refractivity contribution in [3.63, 3.8) is 0 Å². The predicted octanol–water partition coefficient (Wildman–Crippen LogP) is 0.882. The molecule has 0 radical (unpaired) electrons. The molecule has 0 spiro atoms. The van der Waals surface area contributed by atoms with Crippen molar-refractivity contribution in [2.75, 3.05) is 23.8 Å². The number of aromatic nitrogens is 2. The monoisotopic (exact) mass is 335 g/mol. The Morgan fingerprint density at radius 2 is 2.00 bits per heavy atom. The SMILES string of the molecule is NC(=O)c1cnc(NC2CCC(O)CC2)nc1N[C@@H]1CCCOC1. The maximum atomic E-state index is 11.6. The minimum absolute atomic E-state index is 0.115. The predicted molar refractivity (Wildman–Crippen MR) is 89.9 cm³/mol. The maximum Gasteiger partial charge on any atom is 0.254 e. The smallest absolute Gasteiger partial charge is 0.254 e. The summed E-state index contributed by atoms with van der Waals surface area (Å²) in [5.74, 6) is 0.369. The van der Waals surface area contributed by atoms with E-state index in [0.717, 1.165) is 45.1 Å². The zero-order chi connectivity index (χ0) is 16.9. The number of aliphatic hydroxyl groups is 1. The van der Waals surface area contributed by atoms with E-state index in [1.165, 1.54) is 6.20 Å². The molecule has 1 saturated heterocycles. The van der Waals surface area contributed by atoms with Crippen molar-refractivity contribution < 1.29 is 14.6 Å². The number of nitrogens with zero attached hydrogens (tertiary/aromatic N) is 2. The first kappa shape index (κ1) is 16.9. The van der Waals surface area contributed by atoms with E-state index in [4.69, 9.17) is 10.5 Å². The molecule has 1 atom stereocenters. The van der Waals surface area contributed by atoms with Crippen molar-refractivity contribution in [3.8, 4) is 0 Å². The van der Waals surface area contributed by atoms with Crippen LogP contribution in [0.1, 0.15) is 48.9 Å². The van der Waals surface area contributed by atoms with Gasteiger partial charge in [0.2, 0.25) is 5.95 Å². The number of rotatable bonds is 5. The van der Waals surface area contributed by atoms with Crippen LogP contribution >= 0.6 is 0 Å². The highest BCUT2D eigenvalue weighted by Gasteiger charge is 2.22. The molecule has 1 aliphatic carbocycles. The summed E-state index contributed by atoms with van der Waals surface area (Å²) in [6.07, 6.45) is 6.51. The Labute approximate surface area is 141 Å². The van der Waals surface area contributed by atoms with Crippen molar-refractivity contribution >= 4 is 17.7 Å². The number of hydrogen-bond acceptors (Lipinski definition) is 7. The zero-order valence-corrected chi connectivity index (χ0v) is 13.7. The molecule has 1 aromatic rings. The molecule has 132 valence electrons. The molecule has 1 amide bonds. The highest BCUT2D eigenvalue weighted by molar-refractivity contribution is 5.97. The highest BCUT2D eigenvalue weighted by atomic mass is 16.5. The van der Waals surface area contributed by atoms with Crippen LogP contribution in [0, 0.1) is 0 Å². The van der Waals surface area contributed by atoms with Gasteiger partial charge in [-0.05, 0) is 38.5 Å². The van der Waals surface area contributed by atoms with Crippen LogP contribution in [0.4, 0.5) is 11.8 Å². The van der Waals surface area contributed by atoms with Crippen LogP contribution in [-0.4, -0.2) is 52.4 Å². The Hall–Kier alpha value is -1.93. The topological polar surface area (TPSA) is 122 Å². The summed E-state index contributed by atoms with van der Waals surface area (Å²) in [7, 11) is 0. The maximum absolute atomic E-state index is 11.6. The van der Waals surface area contributed by atoms with E-state index in [1.54, 1.807) is 0 Å². The van der Waals surface area contributed by atoms with Crippen molar-refractivity contribution in [3.05, 3.63) is 11.8 Å². The van der Waals surface area contributed by atoms with Crippen LogP contribution < -0.4 is 16.4 Å². The number of ether oxygens (including phenoxy) is 1. The van der Waals surface area contributed by atoms with Crippen molar-refractivity contribution in [1.29, 1.82) is 0 Å². The fraction of sp³-hybridized carbons (Fsp3) is 0.688. The first-order chi connectivity index (χ1) is 11.6. The average molecular weight is 335 g/mol. The van der Waals surface area contributed by atoms with Gasteiger partial charge in [-0.15, -0.1) is 0 Å². The normalized spacial score (nSPS) is 27.5. The summed E-state index contributed by atoms with van der Waals surface area (Å²) in [4.78, 5) is 20.3. The van der Waals surface area contributed by atoms with Crippen LogP contribution in [0.2, 0.25) is 0 Å². The molecular formula is C16H25N5O3. The molecule has 2 aliphatic rings. The number of anilines is 2. The number of carbonyl (C=O) groups is 1. The number of nitrogens with one attached hydrogen (secondary N) is 2. The standard InChI is InChI=1S/C16H25N5O3/c17-14(23)13-8-18-16(20-10-3-5-12(22)6-4-10)21-15(13)19-11-2-1-7-24-9-11/h8,10-12,22H,1-7,9H2,(H2,17,23)(H2,18,19,20,21)/t10?,11-,12?/m1/s1. The molecule has 0 unspecified atom stereocenters. The van der Waals surface area contributed by atoms with Gasteiger partial charge < -0.3 is 26.2 Å². The first-order valence-electron chi connectivity index (χ1n) is 8.57. The second kappa shape index (κ2) is 7.76. The van der Waals surface area contributed by atoms with Crippen molar-refractivity contribution in [2.45, 2.75) is 56.7 Å². The van der Waals surface area contributed by atoms with E-state index < -0.39 is 5.91 Å². The van der Waals surface area contributed by atoms with Gasteiger partial charge in [0.25, 0.3) is 5.91 Å². The van der Waals surface area contributed by atoms with E-state index in [-0.39, 0.29) is 23.8 Å². The number of carbonyl (C=O) groups excluding carboxylic acids is 1. The third-order valence-electron chi connectivity index (χ3n) is 4.59. The minimum Gasteiger partial charge on any atom is -0.393 e. The molecule has 8 heteroatoms. The summed E-state index contributed by atoms with van der Waals surface area (Å²) in [5, 5.41) is 16.1. The number of hydrogen-bond donors (Lipinski definition) is 4. The Balaban J connectivity index is 1.71. The molecule has 8 nitrogen and oxygen atoms in total. The summed E-state index contributed by atoms with van der Waals surface area (Å²) >= 11 is 0. The van der Waals surface area contributed by atoms with E-state index in [1.807, 2.05) is 0 Å². The van der Waals surface area contributed by atoms with Crippen LogP contribution in [0.25, 0.3) is 0 Å². The second-order valence-corrected chi connectivity index (χ2v) is 6.53. The fourth-order valence-corrected chi connectivity index (χ4v) is 3.19. The molecule has 0 aromatic carbocycles. The molecule has 5 N–H and O–H groups in total. The lowest BCUT2D eigenvalue weighted by Crippen LogP contribution is -2.32. The molecule has 24 heavy (non-hydrogen) atoms. The lowest BCUT2D eigenvalue weighted by atomic mass is 9.93. The summed E-state index contributed by atoms with van der Waals surface area (Å²) in [5.41, 5.74) is 5.71. The van der Waals surface area contributed by atoms with Gasteiger partial charge in [-0.1, -0.05) is 0 Å². The Bertz CT molecular complexity index is 569. The van der Waals surface area contributed by atoms with E-state index >= 15 is 0 Å². The number of nitrogens with two attached hydrogens (primary N) is 1. The number of aliphatic hydroxyl groups excluding tert-OH is 1. The van der Waals surface area contributed by atoms with E-state index in [2.05, 4.69) is 20.6 Å². The molecule has 1 aliphatic heterocycles. The Morgan fingerprint density at radius 3 is 2.67 bits per heavy atom. The minimum atomic E-state index is -0.554. The van der Waals surface area contributed by atoms with Gasteiger partial charge in [0.15, 0.2) is 0 Å². The summed E-state index contributed by atoms with van der Waals surface area (Å²) in [6, 6.07) is 0.350. The van der Waals surface area contributed by atoms with Gasteiger partial charge in [-0.2, -0.15) is 4.98 Å². The second-order valence-electron chi connectivity index (χ2n) is 6.53. The largest absolute Gasteiger partial charge is 0.393 e. The third kappa shape index (κ3) is 4.33. The molecule has 1 aromatic heterocycles. The van der Waals surface area contributed by atoms with Gasteiger partial charge >= 0.3 is 0 Å². The molecule has 3 rings (SSSR count). The van der Waals surface area contributed by atoms with E-state index in [9.17, 15) is 9.90 Å². The molecule has 2 heterocycles. The van der Waals surface area contributed by atoms with Crippen LogP contribution in [-0.2, 0) is 4.74 Å². The molecule has 0 bridgehead atoms. The van der Waals surface area contributed by atoms with Gasteiger partial charge in [0, 0.05) is 18.8 Å². The Morgan fingerprint density at radius 1 is 1.21 bits per heavy atom.